The summed E-state index contributed by atoms with van der Waals surface area (Å²) in [5.41, 5.74) is 0.442. The van der Waals surface area contributed by atoms with Crippen LogP contribution in [-0.2, 0) is 18.0 Å². The third kappa shape index (κ3) is 7.05. The van der Waals surface area contributed by atoms with Gasteiger partial charge < -0.3 is 32.2 Å². The van der Waals surface area contributed by atoms with Gasteiger partial charge in [0.05, 0.1) is 18.8 Å². The van der Waals surface area contributed by atoms with Crippen molar-refractivity contribution in [1.29, 1.82) is 0 Å². The number of hydrogen-bond acceptors (Lipinski definition) is 8. The lowest BCUT2D eigenvalue weighted by Crippen LogP contribution is -2.42. The van der Waals surface area contributed by atoms with E-state index in [2.05, 4.69) is 0 Å². The Hall–Kier alpha value is -2.43. The Morgan fingerprint density at radius 1 is 0.903 bits per heavy atom. The Balaban J connectivity index is 1.42. The molecule has 3 rings (SSSR count). The number of rotatable bonds is 13. The molecule has 168 valence electrons. The predicted octanol–water partition coefficient (Wildman–Crippen LogP) is 3.33. The summed E-state index contributed by atoms with van der Waals surface area (Å²) in [6.45, 7) is 1.75. The van der Waals surface area contributed by atoms with Gasteiger partial charge in [-0.05, 0) is 55.0 Å². The highest BCUT2D eigenvalue weighted by Crippen LogP contribution is 2.21. The van der Waals surface area contributed by atoms with Crippen LogP contribution in [0.5, 0.6) is 17.2 Å². The fourth-order valence-electron chi connectivity index (χ4n) is 2.85. The van der Waals surface area contributed by atoms with Crippen LogP contribution in [0.3, 0.4) is 0 Å². The van der Waals surface area contributed by atoms with Crippen LogP contribution in [0.4, 0.5) is 0 Å². The second kappa shape index (κ2) is 11.3. The van der Waals surface area contributed by atoms with Crippen molar-refractivity contribution in [2.45, 2.75) is 18.6 Å². The first kappa shape index (κ1) is 23.2. The number of epoxide rings is 1. The molecule has 9 heteroatoms. The first-order valence-electron chi connectivity index (χ1n) is 10.0. The summed E-state index contributed by atoms with van der Waals surface area (Å²) in [6, 6.07) is 14.4. The molecule has 0 saturated carbocycles. The van der Waals surface area contributed by atoms with Crippen molar-refractivity contribution in [3.8, 4) is 17.2 Å². The highest BCUT2D eigenvalue weighted by Gasteiger charge is 2.36. The maximum Gasteiger partial charge on any atom is 0.500 e. The molecule has 8 nitrogen and oxygen atoms in total. The van der Waals surface area contributed by atoms with E-state index in [1.807, 2.05) is 0 Å². The van der Waals surface area contributed by atoms with Crippen molar-refractivity contribution >= 4 is 14.8 Å². The molecule has 0 bridgehead atoms. The molecule has 0 spiro atoms. The number of carbonyl (C=O) groups is 1. The van der Waals surface area contributed by atoms with Gasteiger partial charge in [-0.1, -0.05) is 0 Å². The number of carbonyl (C=O) groups excluding carboxylic acids is 1. The molecule has 0 radical (unpaired) electrons. The second-order valence-corrected chi connectivity index (χ2v) is 9.99. The van der Waals surface area contributed by atoms with Gasteiger partial charge in [-0.3, -0.25) is 0 Å². The van der Waals surface area contributed by atoms with Crippen LogP contribution in [0.1, 0.15) is 16.8 Å². The lowest BCUT2D eigenvalue weighted by atomic mass is 10.2. The summed E-state index contributed by atoms with van der Waals surface area (Å²) in [6.07, 6.45) is 0.916. The Morgan fingerprint density at radius 2 is 1.45 bits per heavy atom. The average molecular weight is 449 g/mol. The molecule has 1 unspecified atom stereocenters. The SMILES string of the molecule is CO[Si](CCCOc1ccc(OC(=O)c2ccc(OCC3CO3)cc2)cc1)(OC)OC. The Labute approximate surface area is 183 Å². The standard InChI is InChI=1S/C22H28O8Si/c1-24-31(25-2,26-3)14-4-13-27-18-9-11-20(12-10-18)30-22(23)17-5-7-19(8-6-17)28-15-21-16-29-21/h5-12,21H,4,13-16H2,1-3H3. The Bertz CT molecular complexity index is 808. The summed E-state index contributed by atoms with van der Waals surface area (Å²) in [5.74, 6) is 1.37. The minimum Gasteiger partial charge on any atom is -0.494 e. The van der Waals surface area contributed by atoms with Crippen molar-refractivity contribution in [3.63, 3.8) is 0 Å². The highest BCUT2D eigenvalue weighted by atomic mass is 28.4. The molecule has 31 heavy (non-hydrogen) atoms. The molecule has 1 heterocycles. The van der Waals surface area contributed by atoms with E-state index in [-0.39, 0.29) is 6.10 Å². The number of benzene rings is 2. The van der Waals surface area contributed by atoms with Gasteiger partial charge in [0, 0.05) is 27.4 Å². The van der Waals surface area contributed by atoms with E-state index < -0.39 is 14.8 Å². The monoisotopic (exact) mass is 448 g/mol. The Kier molecular flexibility index (Phi) is 8.44. The largest absolute Gasteiger partial charge is 0.500 e. The fourth-order valence-corrected chi connectivity index (χ4v) is 4.54. The molecule has 0 N–H and O–H groups in total. The zero-order valence-corrected chi connectivity index (χ0v) is 19.0. The van der Waals surface area contributed by atoms with E-state index in [0.29, 0.717) is 42.1 Å². The summed E-state index contributed by atoms with van der Waals surface area (Å²) in [4.78, 5) is 12.3. The summed E-state index contributed by atoms with van der Waals surface area (Å²) >= 11 is 0. The molecular formula is C22H28O8Si. The molecular weight excluding hydrogens is 420 g/mol. The Morgan fingerprint density at radius 3 is 2.03 bits per heavy atom. The fraction of sp³-hybridized carbons (Fsp3) is 0.409. The van der Waals surface area contributed by atoms with E-state index in [0.717, 1.165) is 13.0 Å². The van der Waals surface area contributed by atoms with Gasteiger partial charge in [-0.2, -0.15) is 0 Å². The topological polar surface area (TPSA) is 85.0 Å². The van der Waals surface area contributed by atoms with Crippen LogP contribution >= 0.6 is 0 Å². The quantitative estimate of drug-likeness (QED) is 0.152. The molecule has 0 aliphatic carbocycles. The molecule has 2 aromatic rings. The first-order valence-corrected chi connectivity index (χ1v) is 12.0. The van der Waals surface area contributed by atoms with Crippen LogP contribution < -0.4 is 14.2 Å². The van der Waals surface area contributed by atoms with Gasteiger partial charge in [0.1, 0.15) is 30.0 Å². The van der Waals surface area contributed by atoms with E-state index >= 15 is 0 Å². The number of hydrogen-bond donors (Lipinski definition) is 0. The summed E-state index contributed by atoms with van der Waals surface area (Å²) in [5, 5.41) is 0. The first-order chi connectivity index (χ1) is 15.1. The third-order valence-corrected chi connectivity index (χ3v) is 7.62. The minimum absolute atomic E-state index is 0.188. The van der Waals surface area contributed by atoms with Gasteiger partial charge >= 0.3 is 14.8 Å². The van der Waals surface area contributed by atoms with Crippen LogP contribution in [0.15, 0.2) is 48.5 Å². The smallest absolute Gasteiger partial charge is 0.494 e. The maximum atomic E-state index is 12.3. The van der Waals surface area contributed by atoms with E-state index in [9.17, 15) is 4.79 Å². The molecule has 1 fully saturated rings. The van der Waals surface area contributed by atoms with Gasteiger partial charge in [0.15, 0.2) is 0 Å². The molecule has 1 aliphatic rings. The number of ether oxygens (including phenoxy) is 4. The zero-order valence-electron chi connectivity index (χ0n) is 18.0. The summed E-state index contributed by atoms with van der Waals surface area (Å²) in [7, 11) is 2.19. The highest BCUT2D eigenvalue weighted by molar-refractivity contribution is 6.60. The maximum absolute atomic E-state index is 12.3. The molecule has 0 aromatic heterocycles. The van der Waals surface area contributed by atoms with Crippen LogP contribution in [0, 0.1) is 0 Å². The van der Waals surface area contributed by atoms with Gasteiger partial charge in [0.25, 0.3) is 0 Å². The van der Waals surface area contributed by atoms with Crippen molar-refractivity contribution < 1.29 is 37.0 Å². The van der Waals surface area contributed by atoms with E-state index in [1.54, 1.807) is 69.9 Å². The normalized spacial score (nSPS) is 15.4. The average Bonchev–Trinajstić information content (AvgIpc) is 3.64. The van der Waals surface area contributed by atoms with E-state index in [4.69, 9.17) is 32.2 Å². The van der Waals surface area contributed by atoms with Gasteiger partial charge in [0.2, 0.25) is 0 Å². The van der Waals surface area contributed by atoms with Crippen LogP contribution in [0.25, 0.3) is 0 Å². The summed E-state index contributed by atoms with van der Waals surface area (Å²) < 4.78 is 38.0. The number of esters is 1. The van der Waals surface area contributed by atoms with Crippen molar-refractivity contribution in [2.75, 3.05) is 41.2 Å². The lowest BCUT2D eigenvalue weighted by Gasteiger charge is -2.24. The van der Waals surface area contributed by atoms with Gasteiger partial charge in [-0.15, -0.1) is 0 Å². The molecule has 1 aliphatic heterocycles. The molecule has 1 saturated heterocycles. The lowest BCUT2D eigenvalue weighted by molar-refractivity contribution is 0.0734. The molecule has 1 atom stereocenters. The minimum atomic E-state index is -2.58. The zero-order chi connectivity index (χ0) is 22.1. The van der Waals surface area contributed by atoms with Crippen molar-refractivity contribution in [1.82, 2.24) is 0 Å². The van der Waals surface area contributed by atoms with Crippen LogP contribution in [0.2, 0.25) is 6.04 Å². The van der Waals surface area contributed by atoms with Crippen LogP contribution in [-0.4, -0.2) is 62.0 Å². The second-order valence-electron chi connectivity index (χ2n) is 6.90. The van der Waals surface area contributed by atoms with E-state index in [1.165, 1.54) is 0 Å². The molecule has 2 aromatic carbocycles. The third-order valence-electron chi connectivity index (χ3n) is 4.79. The molecule has 0 amide bonds. The van der Waals surface area contributed by atoms with Crippen molar-refractivity contribution in [2.24, 2.45) is 0 Å². The van der Waals surface area contributed by atoms with Crippen molar-refractivity contribution in [3.05, 3.63) is 54.1 Å². The predicted molar refractivity (Wildman–Crippen MR) is 115 cm³/mol. The van der Waals surface area contributed by atoms with Gasteiger partial charge in [-0.25, -0.2) is 4.79 Å².